The van der Waals surface area contributed by atoms with Crippen molar-refractivity contribution in [3.05, 3.63) is 86.7 Å². The van der Waals surface area contributed by atoms with Crippen molar-refractivity contribution in [2.24, 2.45) is 5.10 Å². The summed E-state index contributed by atoms with van der Waals surface area (Å²) in [5, 5.41) is 15.6. The number of aryl methyl sites for hydroxylation is 2. The fourth-order valence-corrected chi connectivity index (χ4v) is 3.41. The van der Waals surface area contributed by atoms with E-state index in [9.17, 15) is 14.9 Å². The molecule has 32 heavy (non-hydrogen) atoms. The summed E-state index contributed by atoms with van der Waals surface area (Å²) in [6, 6.07) is 13.9. The number of carbonyl (C=O) groups excluding carboxylic acids is 1. The van der Waals surface area contributed by atoms with E-state index >= 15 is 0 Å². The largest absolute Gasteiger partial charge is 0.494 e. The van der Waals surface area contributed by atoms with Crippen molar-refractivity contribution in [3.8, 4) is 11.4 Å². The second-order valence-electron chi connectivity index (χ2n) is 7.48. The Kier molecular flexibility index (Phi) is 7.04. The molecule has 0 saturated heterocycles. The minimum absolute atomic E-state index is 0.0370. The highest BCUT2D eigenvalue weighted by molar-refractivity contribution is 5.95. The number of carbonyl (C=O) groups is 1. The lowest BCUT2D eigenvalue weighted by Crippen LogP contribution is -2.17. The molecule has 166 valence electrons. The Morgan fingerprint density at radius 3 is 2.53 bits per heavy atom. The van der Waals surface area contributed by atoms with E-state index in [2.05, 4.69) is 10.5 Å². The van der Waals surface area contributed by atoms with Crippen LogP contribution in [0.3, 0.4) is 0 Å². The predicted molar refractivity (Wildman–Crippen MR) is 124 cm³/mol. The average molecular weight is 434 g/mol. The van der Waals surface area contributed by atoms with Gasteiger partial charge < -0.3 is 9.30 Å². The Morgan fingerprint density at radius 1 is 1.16 bits per heavy atom. The van der Waals surface area contributed by atoms with Gasteiger partial charge in [0.2, 0.25) is 0 Å². The van der Waals surface area contributed by atoms with Crippen LogP contribution in [0.5, 0.6) is 5.75 Å². The highest BCUT2D eigenvalue weighted by atomic mass is 16.6. The highest BCUT2D eigenvalue weighted by Crippen LogP contribution is 2.28. The van der Waals surface area contributed by atoms with E-state index in [0.29, 0.717) is 23.6 Å². The van der Waals surface area contributed by atoms with E-state index in [1.807, 2.05) is 44.4 Å². The van der Waals surface area contributed by atoms with Gasteiger partial charge in [0.25, 0.3) is 11.6 Å². The van der Waals surface area contributed by atoms with Crippen LogP contribution in [-0.2, 0) is 0 Å². The normalized spacial score (nSPS) is 11.0. The Balaban J connectivity index is 1.77. The number of rotatable bonds is 8. The van der Waals surface area contributed by atoms with Gasteiger partial charge in [-0.3, -0.25) is 14.9 Å². The fourth-order valence-electron chi connectivity index (χ4n) is 3.41. The molecule has 2 aromatic carbocycles. The highest BCUT2D eigenvalue weighted by Gasteiger charge is 2.19. The van der Waals surface area contributed by atoms with Crippen LogP contribution < -0.4 is 10.2 Å². The number of aromatic nitrogens is 1. The molecular formula is C24H26N4O4. The average Bonchev–Trinajstić information content (AvgIpc) is 3.05. The van der Waals surface area contributed by atoms with Crippen molar-refractivity contribution < 1.29 is 14.5 Å². The molecule has 1 aromatic heterocycles. The molecule has 8 nitrogen and oxygen atoms in total. The zero-order valence-electron chi connectivity index (χ0n) is 18.6. The number of nitrogens with zero attached hydrogens (tertiary/aromatic N) is 3. The first-order valence-corrected chi connectivity index (χ1v) is 10.3. The van der Waals surface area contributed by atoms with Crippen LogP contribution in [0.4, 0.5) is 5.69 Å². The van der Waals surface area contributed by atoms with E-state index in [4.69, 9.17) is 4.74 Å². The van der Waals surface area contributed by atoms with Gasteiger partial charge in [-0.1, -0.05) is 13.0 Å². The number of nitrogens with one attached hydrogen (secondary N) is 1. The van der Waals surface area contributed by atoms with Crippen molar-refractivity contribution in [3.63, 3.8) is 0 Å². The van der Waals surface area contributed by atoms with E-state index in [1.54, 1.807) is 36.4 Å². The molecule has 3 aromatic rings. The first kappa shape index (κ1) is 22.7. The maximum atomic E-state index is 12.3. The van der Waals surface area contributed by atoms with Gasteiger partial charge in [0.15, 0.2) is 0 Å². The van der Waals surface area contributed by atoms with E-state index in [-0.39, 0.29) is 16.5 Å². The number of benzene rings is 2. The minimum Gasteiger partial charge on any atom is -0.494 e. The molecular weight excluding hydrogens is 408 g/mol. The summed E-state index contributed by atoms with van der Waals surface area (Å²) in [6.07, 6.45) is 2.45. The number of nitro groups is 1. The molecule has 8 heteroatoms. The second kappa shape index (κ2) is 9.91. The number of amides is 1. The first-order valence-electron chi connectivity index (χ1n) is 10.3. The molecule has 0 atom stereocenters. The van der Waals surface area contributed by atoms with Crippen LogP contribution in [0.15, 0.2) is 53.6 Å². The Hall–Kier alpha value is -3.94. The van der Waals surface area contributed by atoms with Crippen LogP contribution in [0.2, 0.25) is 0 Å². The number of nitro benzene ring substituents is 1. The van der Waals surface area contributed by atoms with Gasteiger partial charge in [0.05, 0.1) is 17.7 Å². The molecule has 0 bridgehead atoms. The SMILES string of the molecule is CCCOc1ccc(C(=O)N/N=C/c2cc(C)n(-c3ccc(C)cc3[N+](=O)[O-])c2C)cc1. The second-order valence-corrected chi connectivity index (χ2v) is 7.48. The zero-order valence-corrected chi connectivity index (χ0v) is 18.6. The van der Waals surface area contributed by atoms with Crippen molar-refractivity contribution >= 4 is 17.8 Å². The van der Waals surface area contributed by atoms with Crippen molar-refractivity contribution in [1.29, 1.82) is 0 Å². The summed E-state index contributed by atoms with van der Waals surface area (Å²) < 4.78 is 7.33. The maximum absolute atomic E-state index is 12.3. The molecule has 0 spiro atoms. The van der Waals surface area contributed by atoms with E-state index in [0.717, 1.165) is 28.9 Å². The summed E-state index contributed by atoms with van der Waals surface area (Å²) in [6.45, 7) is 8.20. The van der Waals surface area contributed by atoms with Gasteiger partial charge in [-0.15, -0.1) is 0 Å². The third-order valence-corrected chi connectivity index (χ3v) is 5.00. The molecule has 0 saturated carbocycles. The van der Waals surface area contributed by atoms with Gasteiger partial charge in [0, 0.05) is 28.6 Å². The van der Waals surface area contributed by atoms with Crippen LogP contribution in [0.25, 0.3) is 5.69 Å². The van der Waals surface area contributed by atoms with E-state index in [1.165, 1.54) is 6.21 Å². The van der Waals surface area contributed by atoms with E-state index < -0.39 is 0 Å². The van der Waals surface area contributed by atoms with Gasteiger partial charge in [-0.05, 0) is 69.2 Å². The lowest BCUT2D eigenvalue weighted by atomic mass is 10.2. The van der Waals surface area contributed by atoms with Crippen LogP contribution in [-0.4, -0.2) is 28.2 Å². The van der Waals surface area contributed by atoms with Crippen molar-refractivity contribution in [1.82, 2.24) is 9.99 Å². The first-order chi connectivity index (χ1) is 15.3. The number of ether oxygens (including phenoxy) is 1. The van der Waals surface area contributed by atoms with Gasteiger partial charge in [0.1, 0.15) is 11.4 Å². The molecule has 1 N–H and O–H groups in total. The smallest absolute Gasteiger partial charge is 0.293 e. The van der Waals surface area contributed by atoms with Crippen LogP contribution in [0.1, 0.15) is 46.2 Å². The number of hydrazone groups is 1. The minimum atomic E-state index is -0.381. The third kappa shape index (κ3) is 5.03. The monoisotopic (exact) mass is 434 g/mol. The molecule has 3 rings (SSSR count). The van der Waals surface area contributed by atoms with Crippen molar-refractivity contribution in [2.75, 3.05) is 6.61 Å². The molecule has 0 aliphatic carbocycles. The maximum Gasteiger partial charge on any atom is 0.293 e. The van der Waals surface area contributed by atoms with Crippen LogP contribution >= 0.6 is 0 Å². The third-order valence-electron chi connectivity index (χ3n) is 5.00. The number of hydrogen-bond acceptors (Lipinski definition) is 5. The van der Waals surface area contributed by atoms with Gasteiger partial charge in [-0.2, -0.15) is 5.10 Å². The van der Waals surface area contributed by atoms with Crippen LogP contribution in [0, 0.1) is 30.9 Å². The Morgan fingerprint density at radius 2 is 1.88 bits per heavy atom. The molecule has 0 aliphatic rings. The lowest BCUT2D eigenvalue weighted by molar-refractivity contribution is -0.384. The molecule has 1 heterocycles. The molecule has 0 aliphatic heterocycles. The summed E-state index contributed by atoms with van der Waals surface area (Å²) in [7, 11) is 0. The summed E-state index contributed by atoms with van der Waals surface area (Å²) in [5.41, 5.74) is 6.68. The quantitative estimate of drug-likeness (QED) is 0.311. The lowest BCUT2D eigenvalue weighted by Gasteiger charge is -2.10. The summed E-state index contributed by atoms with van der Waals surface area (Å²) in [4.78, 5) is 23.5. The summed E-state index contributed by atoms with van der Waals surface area (Å²) in [5.74, 6) is 0.371. The topological polar surface area (TPSA) is 98.8 Å². The fraction of sp³-hybridized carbons (Fsp3) is 0.250. The van der Waals surface area contributed by atoms with Crippen molar-refractivity contribution in [2.45, 2.75) is 34.1 Å². The summed E-state index contributed by atoms with van der Waals surface area (Å²) >= 11 is 0. The molecule has 1 amide bonds. The Labute approximate surface area is 186 Å². The standard InChI is InChI=1S/C24H26N4O4/c1-5-12-32-21-9-7-19(8-10-21)24(29)26-25-15-20-14-17(3)27(18(20)4)22-11-6-16(2)13-23(22)28(30)31/h6-11,13-15H,5,12H2,1-4H3,(H,26,29)/b25-15+. The predicted octanol–water partition coefficient (Wildman–Crippen LogP) is 4.86. The molecule has 0 unspecified atom stereocenters. The van der Waals surface area contributed by atoms with Gasteiger partial charge >= 0.3 is 0 Å². The number of hydrogen-bond donors (Lipinski definition) is 1. The Bertz CT molecular complexity index is 1160. The zero-order chi connectivity index (χ0) is 23.3. The molecule has 0 radical (unpaired) electrons. The molecule has 0 fully saturated rings. The van der Waals surface area contributed by atoms with Gasteiger partial charge in [-0.25, -0.2) is 5.43 Å².